The Morgan fingerprint density at radius 3 is 2.42 bits per heavy atom. The minimum absolute atomic E-state index is 0.0599. The van der Waals surface area contributed by atoms with Crippen LogP contribution in [-0.2, 0) is 26.8 Å². The van der Waals surface area contributed by atoms with Gasteiger partial charge < -0.3 is 5.32 Å². The number of carbonyl (C=O) groups is 1. The molecule has 5 nitrogen and oxygen atoms in total. The number of thiophene rings is 1. The molecule has 2 aromatic rings. The Kier molecular flexibility index (Phi) is 5.79. The molecule has 2 N–H and O–H groups in total. The average molecular weight is 367 g/mol. The number of hydrogen-bond donors (Lipinski definition) is 2. The summed E-state index contributed by atoms with van der Waals surface area (Å²) in [7, 11) is -2.05. The summed E-state index contributed by atoms with van der Waals surface area (Å²) in [6.45, 7) is 4.39. The summed E-state index contributed by atoms with van der Waals surface area (Å²) >= 11 is 1.16. The molecule has 0 saturated carbocycles. The normalized spacial score (nSPS) is 12.1. The van der Waals surface area contributed by atoms with Crippen molar-refractivity contribution in [1.82, 2.24) is 10.0 Å². The molecule has 0 unspecified atom stereocenters. The molecule has 0 fully saturated rings. The van der Waals surface area contributed by atoms with Crippen LogP contribution in [0, 0.1) is 0 Å². The van der Waals surface area contributed by atoms with E-state index in [1.54, 1.807) is 12.1 Å². The van der Waals surface area contributed by atoms with Crippen molar-refractivity contribution in [2.24, 2.45) is 0 Å². The smallest absolute Gasteiger partial charge is 0.249 e. The Hall–Kier alpha value is -1.70. The molecule has 2 rings (SSSR count). The van der Waals surface area contributed by atoms with E-state index in [0.717, 1.165) is 21.8 Å². The van der Waals surface area contributed by atoms with Crippen LogP contribution in [0.2, 0.25) is 0 Å². The van der Waals surface area contributed by atoms with Gasteiger partial charge >= 0.3 is 0 Å². The van der Waals surface area contributed by atoms with Gasteiger partial charge in [0.05, 0.1) is 6.54 Å². The standard InChI is InChI=1S/C17H22N2O3S2/c1-17(2,13-7-5-4-6-8-13)11-15(20)19-12-14-9-10-16(23-14)24(21,22)18-3/h4-10,18H,11-12H2,1-3H3,(H,19,20). The molecule has 0 radical (unpaired) electrons. The summed E-state index contributed by atoms with van der Waals surface area (Å²) < 4.78 is 25.9. The van der Waals surface area contributed by atoms with E-state index in [-0.39, 0.29) is 15.5 Å². The maximum atomic E-state index is 12.2. The van der Waals surface area contributed by atoms with Gasteiger partial charge in [0.1, 0.15) is 4.21 Å². The Morgan fingerprint density at radius 2 is 1.79 bits per heavy atom. The van der Waals surface area contributed by atoms with Crippen molar-refractivity contribution < 1.29 is 13.2 Å². The third kappa shape index (κ3) is 4.66. The minimum atomic E-state index is -3.42. The lowest BCUT2D eigenvalue weighted by Crippen LogP contribution is -2.30. The molecule has 0 saturated heterocycles. The van der Waals surface area contributed by atoms with Crippen LogP contribution in [0.3, 0.4) is 0 Å². The number of rotatable bonds is 7. The van der Waals surface area contributed by atoms with Crippen molar-refractivity contribution >= 4 is 27.3 Å². The van der Waals surface area contributed by atoms with E-state index < -0.39 is 10.0 Å². The molecule has 24 heavy (non-hydrogen) atoms. The summed E-state index contributed by atoms with van der Waals surface area (Å²) in [5.74, 6) is -0.0599. The van der Waals surface area contributed by atoms with Gasteiger partial charge in [0.2, 0.25) is 15.9 Å². The van der Waals surface area contributed by atoms with Gasteiger partial charge in [-0.1, -0.05) is 44.2 Å². The number of amides is 1. The molecule has 1 heterocycles. The van der Waals surface area contributed by atoms with Crippen LogP contribution in [0.4, 0.5) is 0 Å². The highest BCUT2D eigenvalue weighted by molar-refractivity contribution is 7.91. The highest BCUT2D eigenvalue weighted by Crippen LogP contribution is 2.27. The van der Waals surface area contributed by atoms with Crippen molar-refractivity contribution in [1.29, 1.82) is 0 Å². The van der Waals surface area contributed by atoms with Gasteiger partial charge in [0.25, 0.3) is 0 Å². The molecule has 0 aliphatic carbocycles. The second-order valence-corrected chi connectivity index (χ2v) is 9.41. The summed E-state index contributed by atoms with van der Waals surface area (Å²) in [4.78, 5) is 13.0. The van der Waals surface area contributed by atoms with Gasteiger partial charge in [-0.05, 0) is 30.2 Å². The molecule has 7 heteroatoms. The van der Waals surface area contributed by atoms with Gasteiger partial charge in [-0.15, -0.1) is 11.3 Å². The highest BCUT2D eigenvalue weighted by atomic mass is 32.2. The second kappa shape index (κ2) is 7.46. The Morgan fingerprint density at radius 1 is 1.12 bits per heavy atom. The predicted octanol–water partition coefficient (Wildman–Crippen LogP) is 2.64. The molecule has 0 atom stereocenters. The Bertz CT molecular complexity index is 796. The van der Waals surface area contributed by atoms with E-state index in [0.29, 0.717) is 13.0 Å². The largest absolute Gasteiger partial charge is 0.351 e. The minimum Gasteiger partial charge on any atom is -0.351 e. The fraction of sp³-hybridized carbons (Fsp3) is 0.353. The van der Waals surface area contributed by atoms with E-state index >= 15 is 0 Å². The first kappa shape index (κ1) is 18.6. The van der Waals surface area contributed by atoms with Crippen molar-refractivity contribution in [2.75, 3.05) is 7.05 Å². The van der Waals surface area contributed by atoms with Crippen molar-refractivity contribution in [3.8, 4) is 0 Å². The van der Waals surface area contributed by atoms with Crippen LogP contribution < -0.4 is 10.0 Å². The molecule has 0 bridgehead atoms. The van der Waals surface area contributed by atoms with Gasteiger partial charge in [-0.25, -0.2) is 13.1 Å². The summed E-state index contributed by atoms with van der Waals surface area (Å²) in [6.07, 6.45) is 0.365. The van der Waals surface area contributed by atoms with Crippen molar-refractivity contribution in [3.05, 3.63) is 52.9 Å². The zero-order chi connectivity index (χ0) is 17.8. The lowest BCUT2D eigenvalue weighted by Gasteiger charge is -2.24. The summed E-state index contributed by atoms with van der Waals surface area (Å²) in [5.41, 5.74) is 0.847. The molecule has 1 aromatic carbocycles. The van der Waals surface area contributed by atoms with Crippen LogP contribution in [0.5, 0.6) is 0 Å². The maximum absolute atomic E-state index is 12.2. The lowest BCUT2D eigenvalue weighted by atomic mass is 9.81. The molecule has 130 valence electrons. The van der Waals surface area contributed by atoms with Gasteiger partial charge in [-0.3, -0.25) is 4.79 Å². The number of hydrogen-bond acceptors (Lipinski definition) is 4. The summed E-state index contributed by atoms with van der Waals surface area (Å²) in [5, 5.41) is 2.86. The predicted molar refractivity (Wildman–Crippen MR) is 96.5 cm³/mol. The van der Waals surface area contributed by atoms with Crippen molar-refractivity contribution in [3.63, 3.8) is 0 Å². The topological polar surface area (TPSA) is 75.3 Å². The third-order valence-corrected chi connectivity index (χ3v) is 6.78. The molecule has 0 spiro atoms. The molecular formula is C17H22N2O3S2. The van der Waals surface area contributed by atoms with Gasteiger partial charge in [0.15, 0.2) is 0 Å². The van der Waals surface area contributed by atoms with E-state index in [9.17, 15) is 13.2 Å². The van der Waals surface area contributed by atoms with E-state index in [1.807, 2.05) is 44.2 Å². The number of carbonyl (C=O) groups excluding carboxylic acids is 1. The van der Waals surface area contributed by atoms with Gasteiger partial charge in [-0.2, -0.15) is 0 Å². The molecule has 1 aromatic heterocycles. The number of nitrogens with one attached hydrogen (secondary N) is 2. The van der Waals surface area contributed by atoms with E-state index in [1.165, 1.54) is 7.05 Å². The monoisotopic (exact) mass is 366 g/mol. The molecule has 0 aliphatic rings. The first-order valence-corrected chi connectivity index (χ1v) is 9.89. The van der Waals surface area contributed by atoms with E-state index in [2.05, 4.69) is 10.0 Å². The van der Waals surface area contributed by atoms with E-state index in [4.69, 9.17) is 0 Å². The van der Waals surface area contributed by atoms with Crippen LogP contribution in [0.1, 0.15) is 30.7 Å². The van der Waals surface area contributed by atoms with Crippen LogP contribution >= 0.6 is 11.3 Å². The maximum Gasteiger partial charge on any atom is 0.249 e. The highest BCUT2D eigenvalue weighted by Gasteiger charge is 2.24. The quantitative estimate of drug-likeness (QED) is 0.791. The van der Waals surface area contributed by atoms with Crippen LogP contribution in [-0.4, -0.2) is 21.4 Å². The van der Waals surface area contributed by atoms with Crippen LogP contribution in [0.15, 0.2) is 46.7 Å². The zero-order valence-corrected chi connectivity index (χ0v) is 15.6. The second-order valence-electron chi connectivity index (χ2n) is 6.13. The SMILES string of the molecule is CNS(=O)(=O)c1ccc(CNC(=O)CC(C)(C)c2ccccc2)s1. The first-order valence-electron chi connectivity index (χ1n) is 7.59. The average Bonchev–Trinajstić information content (AvgIpc) is 3.03. The molecular weight excluding hydrogens is 344 g/mol. The van der Waals surface area contributed by atoms with Gasteiger partial charge in [0, 0.05) is 11.3 Å². The number of benzene rings is 1. The molecule has 0 aliphatic heterocycles. The number of sulfonamides is 1. The molecule has 1 amide bonds. The fourth-order valence-corrected chi connectivity index (χ4v) is 4.47. The fourth-order valence-electron chi connectivity index (χ4n) is 2.34. The summed E-state index contributed by atoms with van der Waals surface area (Å²) in [6, 6.07) is 13.2. The lowest BCUT2D eigenvalue weighted by molar-refractivity contribution is -0.122. The third-order valence-electron chi connectivity index (χ3n) is 3.79. The zero-order valence-electron chi connectivity index (χ0n) is 14.0. The van der Waals surface area contributed by atoms with Crippen LogP contribution in [0.25, 0.3) is 0 Å². The first-order chi connectivity index (χ1) is 11.2. The Labute approximate surface area is 147 Å². The van der Waals surface area contributed by atoms with Crippen molar-refractivity contribution in [2.45, 2.75) is 36.4 Å². The Balaban J connectivity index is 1.94.